The second-order valence-corrected chi connectivity index (χ2v) is 6.61. The Morgan fingerprint density at radius 2 is 2.11 bits per heavy atom. The Morgan fingerprint density at radius 3 is 2.89 bits per heavy atom. The Hall–Kier alpha value is -0.800. The van der Waals surface area contributed by atoms with Gasteiger partial charge in [-0.1, -0.05) is 28.9 Å². The minimum atomic E-state index is 0.252. The molecule has 1 aliphatic rings. The number of aryl methyl sites for hydroxylation is 1. The second kappa shape index (κ2) is 5.29. The Kier molecular flexibility index (Phi) is 3.68. The maximum absolute atomic E-state index is 9.34. The maximum atomic E-state index is 9.34. The number of hydrogen-bond acceptors (Lipinski definition) is 1. The molecule has 1 aliphatic carbocycles. The zero-order valence-electron chi connectivity index (χ0n) is 11.3. The number of aliphatic hydroxyl groups is 1. The molecule has 19 heavy (non-hydrogen) atoms. The molecule has 0 saturated carbocycles. The van der Waals surface area contributed by atoms with Gasteiger partial charge >= 0.3 is 0 Å². The van der Waals surface area contributed by atoms with Gasteiger partial charge in [-0.2, -0.15) is 0 Å². The van der Waals surface area contributed by atoms with E-state index >= 15 is 0 Å². The van der Waals surface area contributed by atoms with E-state index in [0.29, 0.717) is 5.92 Å². The highest BCUT2D eigenvalue weighted by Crippen LogP contribution is 2.34. The van der Waals surface area contributed by atoms with Gasteiger partial charge in [0.05, 0.1) is 0 Å². The molecular formula is C16H20BrNO. The van der Waals surface area contributed by atoms with Crippen molar-refractivity contribution in [1.82, 2.24) is 4.57 Å². The number of hydrogen-bond donors (Lipinski definition) is 1. The summed E-state index contributed by atoms with van der Waals surface area (Å²) in [5.41, 5.74) is 4.36. The van der Waals surface area contributed by atoms with E-state index in [0.717, 1.165) is 11.0 Å². The molecule has 1 atom stereocenters. The molecule has 2 nitrogen and oxygen atoms in total. The molecule has 1 aromatic carbocycles. The summed E-state index contributed by atoms with van der Waals surface area (Å²) in [6.45, 7) is 3.28. The molecule has 3 rings (SSSR count). The first kappa shape index (κ1) is 13.2. The van der Waals surface area contributed by atoms with Crippen LogP contribution in [0.15, 0.2) is 22.7 Å². The van der Waals surface area contributed by atoms with Crippen LogP contribution in [0.3, 0.4) is 0 Å². The van der Waals surface area contributed by atoms with E-state index < -0.39 is 0 Å². The highest BCUT2D eigenvalue weighted by Gasteiger charge is 2.20. The van der Waals surface area contributed by atoms with Gasteiger partial charge in [0, 0.05) is 34.2 Å². The Morgan fingerprint density at radius 1 is 1.32 bits per heavy atom. The summed E-state index contributed by atoms with van der Waals surface area (Å²) in [4.78, 5) is 0. The largest absolute Gasteiger partial charge is 0.396 e. The van der Waals surface area contributed by atoms with Crippen LogP contribution in [-0.2, 0) is 19.4 Å². The first-order valence-corrected chi connectivity index (χ1v) is 7.90. The second-order valence-electron chi connectivity index (χ2n) is 5.69. The van der Waals surface area contributed by atoms with E-state index in [1.807, 2.05) is 0 Å². The average molecular weight is 322 g/mol. The molecule has 3 heteroatoms. The summed E-state index contributed by atoms with van der Waals surface area (Å²) in [5, 5.41) is 10.7. The van der Waals surface area contributed by atoms with Crippen molar-refractivity contribution in [3.05, 3.63) is 33.9 Å². The molecular weight excluding hydrogens is 302 g/mol. The van der Waals surface area contributed by atoms with Gasteiger partial charge in [-0.25, -0.2) is 0 Å². The van der Waals surface area contributed by atoms with Crippen LogP contribution >= 0.6 is 15.9 Å². The smallest absolute Gasteiger partial charge is 0.0496 e. The molecule has 2 aromatic rings. The number of halogens is 1. The van der Waals surface area contributed by atoms with Gasteiger partial charge in [0.2, 0.25) is 0 Å². The number of aliphatic hydroxyl groups excluding tert-OH is 1. The van der Waals surface area contributed by atoms with Crippen LogP contribution in [0.25, 0.3) is 10.9 Å². The van der Waals surface area contributed by atoms with E-state index in [9.17, 15) is 5.11 Å². The van der Waals surface area contributed by atoms with E-state index in [1.165, 1.54) is 42.3 Å². The van der Waals surface area contributed by atoms with Crippen molar-refractivity contribution in [2.45, 2.75) is 39.2 Å². The van der Waals surface area contributed by atoms with Crippen molar-refractivity contribution in [3.63, 3.8) is 0 Å². The standard InChI is InChI=1S/C16H20BrNO/c1-11(10-19)9-18-15-5-3-2-4-13(15)14-7-6-12(17)8-16(14)18/h6-8,11,19H,2-5,9-10H2,1H3/t11-/m0/s1. The van der Waals surface area contributed by atoms with Gasteiger partial charge in [0.1, 0.15) is 0 Å². The summed E-state index contributed by atoms with van der Waals surface area (Å²) in [7, 11) is 0. The lowest BCUT2D eigenvalue weighted by Crippen LogP contribution is -2.15. The molecule has 0 fully saturated rings. The van der Waals surface area contributed by atoms with Crippen LogP contribution in [0.5, 0.6) is 0 Å². The van der Waals surface area contributed by atoms with Gasteiger partial charge in [0.25, 0.3) is 0 Å². The van der Waals surface area contributed by atoms with Crippen LogP contribution in [0.1, 0.15) is 31.0 Å². The molecule has 0 saturated heterocycles. The number of rotatable bonds is 3. The number of benzene rings is 1. The molecule has 0 bridgehead atoms. The third-order valence-electron chi connectivity index (χ3n) is 4.15. The van der Waals surface area contributed by atoms with Crippen LogP contribution < -0.4 is 0 Å². The van der Waals surface area contributed by atoms with Crippen LogP contribution in [0.2, 0.25) is 0 Å². The fourth-order valence-corrected chi connectivity index (χ4v) is 3.53. The number of nitrogens with zero attached hydrogens (tertiary/aromatic N) is 1. The van der Waals surface area contributed by atoms with Gasteiger partial charge < -0.3 is 9.67 Å². The first-order chi connectivity index (χ1) is 9.20. The summed E-state index contributed by atoms with van der Waals surface area (Å²) >= 11 is 3.58. The van der Waals surface area contributed by atoms with Crippen molar-refractivity contribution >= 4 is 26.8 Å². The van der Waals surface area contributed by atoms with Crippen molar-refractivity contribution in [1.29, 1.82) is 0 Å². The van der Waals surface area contributed by atoms with Crippen molar-refractivity contribution in [3.8, 4) is 0 Å². The highest BCUT2D eigenvalue weighted by atomic mass is 79.9. The van der Waals surface area contributed by atoms with Gasteiger partial charge in [-0.15, -0.1) is 0 Å². The van der Waals surface area contributed by atoms with E-state index in [1.54, 1.807) is 5.56 Å². The van der Waals surface area contributed by atoms with Crippen molar-refractivity contribution < 1.29 is 5.11 Å². The quantitative estimate of drug-likeness (QED) is 0.911. The molecule has 1 aromatic heterocycles. The first-order valence-electron chi connectivity index (χ1n) is 7.11. The molecule has 0 amide bonds. The molecule has 1 heterocycles. The molecule has 0 aliphatic heterocycles. The zero-order valence-corrected chi connectivity index (χ0v) is 12.9. The minimum Gasteiger partial charge on any atom is -0.396 e. The maximum Gasteiger partial charge on any atom is 0.0496 e. The van der Waals surface area contributed by atoms with Gasteiger partial charge in [-0.3, -0.25) is 0 Å². The van der Waals surface area contributed by atoms with Crippen LogP contribution in [0.4, 0.5) is 0 Å². The zero-order chi connectivity index (χ0) is 13.4. The van der Waals surface area contributed by atoms with Crippen LogP contribution in [0, 0.1) is 5.92 Å². The van der Waals surface area contributed by atoms with Crippen molar-refractivity contribution in [2.75, 3.05) is 6.61 Å². The highest BCUT2D eigenvalue weighted by molar-refractivity contribution is 9.10. The van der Waals surface area contributed by atoms with E-state index in [2.05, 4.69) is 45.6 Å². The fraction of sp³-hybridized carbons (Fsp3) is 0.500. The summed E-state index contributed by atoms with van der Waals surface area (Å²) in [6.07, 6.45) is 4.98. The van der Waals surface area contributed by atoms with Crippen molar-refractivity contribution in [2.24, 2.45) is 5.92 Å². The Balaban J connectivity index is 2.19. The fourth-order valence-electron chi connectivity index (χ4n) is 3.18. The predicted molar refractivity (Wildman–Crippen MR) is 82.5 cm³/mol. The lowest BCUT2D eigenvalue weighted by atomic mass is 9.95. The summed E-state index contributed by atoms with van der Waals surface area (Å²) < 4.78 is 3.57. The molecule has 0 spiro atoms. The third kappa shape index (κ3) is 2.34. The van der Waals surface area contributed by atoms with E-state index in [-0.39, 0.29) is 6.61 Å². The molecule has 102 valence electrons. The van der Waals surface area contributed by atoms with Gasteiger partial charge in [-0.05, 0) is 49.3 Å². The average Bonchev–Trinajstić information content (AvgIpc) is 2.73. The van der Waals surface area contributed by atoms with E-state index in [4.69, 9.17) is 0 Å². The Bertz CT molecular complexity index is 602. The summed E-state index contributed by atoms with van der Waals surface area (Å²) in [5.74, 6) is 0.306. The SMILES string of the molecule is C[C@H](CO)Cn1c2c(c3ccc(Br)cc31)CCCC2. The number of aromatic nitrogens is 1. The lowest BCUT2D eigenvalue weighted by molar-refractivity contribution is 0.223. The van der Waals surface area contributed by atoms with Gasteiger partial charge in [0.15, 0.2) is 0 Å². The normalized spacial score (nSPS) is 16.6. The monoisotopic (exact) mass is 321 g/mol. The Labute approximate surface area is 122 Å². The molecule has 0 radical (unpaired) electrons. The topological polar surface area (TPSA) is 25.2 Å². The van der Waals surface area contributed by atoms with Crippen LogP contribution in [-0.4, -0.2) is 16.3 Å². The lowest BCUT2D eigenvalue weighted by Gasteiger charge is -2.18. The summed E-state index contributed by atoms with van der Waals surface area (Å²) in [6, 6.07) is 6.60. The molecule has 0 unspecified atom stereocenters. The molecule has 1 N–H and O–H groups in total. The third-order valence-corrected chi connectivity index (χ3v) is 4.64. The predicted octanol–water partition coefficient (Wildman–Crippen LogP) is 3.91. The minimum absolute atomic E-state index is 0.252. The number of fused-ring (bicyclic) bond motifs is 3.